The number of thiophene rings is 1. The molecule has 0 atom stereocenters. The van der Waals surface area contributed by atoms with Gasteiger partial charge in [0.05, 0.1) is 5.52 Å². The lowest BCUT2D eigenvalue weighted by molar-refractivity contribution is -0.132. The summed E-state index contributed by atoms with van der Waals surface area (Å²) in [5.74, 6) is 2.09. The van der Waals surface area contributed by atoms with Gasteiger partial charge in [-0.05, 0) is 47.8 Å². The minimum atomic E-state index is 0.00709. The summed E-state index contributed by atoms with van der Waals surface area (Å²) in [7, 11) is 0. The summed E-state index contributed by atoms with van der Waals surface area (Å²) in [5.41, 5.74) is 3.46. The molecule has 8 heteroatoms. The van der Waals surface area contributed by atoms with Crippen LogP contribution in [-0.2, 0) is 30.7 Å². The van der Waals surface area contributed by atoms with Crippen LogP contribution in [0.1, 0.15) is 50.1 Å². The monoisotopic (exact) mass is 463 g/mol. The van der Waals surface area contributed by atoms with Gasteiger partial charge < -0.3 is 4.90 Å². The highest BCUT2D eigenvalue weighted by Crippen LogP contribution is 2.22. The number of aromatic nitrogens is 4. The molecule has 0 radical (unpaired) electrons. The second-order valence-corrected chi connectivity index (χ2v) is 10.1. The fourth-order valence-electron chi connectivity index (χ4n) is 4.60. The van der Waals surface area contributed by atoms with Gasteiger partial charge in [0.2, 0.25) is 11.7 Å². The van der Waals surface area contributed by atoms with E-state index in [2.05, 4.69) is 42.2 Å². The quantitative estimate of drug-likeness (QED) is 0.414. The molecule has 1 aliphatic heterocycles. The normalized spacial score (nSPS) is 13.8. The summed E-state index contributed by atoms with van der Waals surface area (Å²) < 4.78 is 4.50. The van der Waals surface area contributed by atoms with E-state index >= 15 is 0 Å². The molecule has 1 aliphatic rings. The highest BCUT2D eigenvalue weighted by molar-refractivity contribution is 7.17. The third-order valence-corrected chi connectivity index (χ3v) is 7.38. The van der Waals surface area contributed by atoms with Crippen LogP contribution in [0.5, 0.6) is 0 Å². The molecule has 3 aromatic heterocycles. The van der Waals surface area contributed by atoms with Crippen molar-refractivity contribution >= 4 is 33.2 Å². The molecule has 0 N–H and O–H groups in total. The van der Waals surface area contributed by atoms with Crippen molar-refractivity contribution in [1.29, 1.82) is 0 Å². The minimum absolute atomic E-state index is 0.00709. The number of fused-ring (bicyclic) bond motifs is 4. The van der Waals surface area contributed by atoms with E-state index in [1.54, 1.807) is 4.57 Å². The van der Waals surface area contributed by atoms with Crippen molar-refractivity contribution < 1.29 is 4.79 Å². The standard InChI is InChI=1S/C25H29N5O2S/c1-17(2)10-14-29-24(32)23-20(12-15-33-23)30-21(26-27-25(29)30)8-5-9-22(31)28-13-11-18-6-3-4-7-19(18)16-28/h3-4,6-7,12,15,17H,5,8-11,13-14,16H2,1-2H3. The number of carbonyl (C=O) groups excluding carboxylic acids is 1. The predicted octanol–water partition coefficient (Wildman–Crippen LogP) is 4.06. The van der Waals surface area contributed by atoms with Gasteiger partial charge in [0.1, 0.15) is 10.5 Å². The lowest BCUT2D eigenvalue weighted by atomic mass is 9.99. The molecule has 0 unspecified atom stereocenters. The highest BCUT2D eigenvalue weighted by Gasteiger charge is 2.21. The molecule has 33 heavy (non-hydrogen) atoms. The molecular weight excluding hydrogens is 434 g/mol. The maximum Gasteiger partial charge on any atom is 0.272 e. The first-order valence-corrected chi connectivity index (χ1v) is 12.6. The van der Waals surface area contributed by atoms with E-state index in [0.29, 0.717) is 44.0 Å². The van der Waals surface area contributed by atoms with Crippen LogP contribution in [0.2, 0.25) is 0 Å². The molecule has 4 aromatic rings. The van der Waals surface area contributed by atoms with Gasteiger partial charge in [-0.2, -0.15) is 0 Å². The van der Waals surface area contributed by atoms with Crippen molar-refractivity contribution in [1.82, 2.24) is 24.1 Å². The molecule has 5 rings (SSSR count). The Labute approximate surface area is 196 Å². The maximum absolute atomic E-state index is 13.0. The summed E-state index contributed by atoms with van der Waals surface area (Å²) in [6.45, 7) is 6.40. The SMILES string of the molecule is CC(C)CCn1c(=O)c2sccc2n2c(CCCC(=O)N3CCc4ccccc4C3)nnc12. The summed E-state index contributed by atoms with van der Waals surface area (Å²) in [6.07, 6.45) is 3.65. The van der Waals surface area contributed by atoms with Crippen molar-refractivity contribution in [3.63, 3.8) is 0 Å². The first-order chi connectivity index (χ1) is 16.0. The summed E-state index contributed by atoms with van der Waals surface area (Å²) in [4.78, 5) is 27.9. The number of amides is 1. The van der Waals surface area contributed by atoms with Crippen LogP contribution in [0.4, 0.5) is 0 Å². The Balaban J connectivity index is 1.33. The van der Waals surface area contributed by atoms with Crippen LogP contribution in [-0.4, -0.2) is 36.5 Å². The topological polar surface area (TPSA) is 72.5 Å². The molecule has 7 nitrogen and oxygen atoms in total. The van der Waals surface area contributed by atoms with E-state index in [-0.39, 0.29) is 11.5 Å². The molecule has 0 aliphatic carbocycles. The zero-order chi connectivity index (χ0) is 22.9. The first-order valence-electron chi connectivity index (χ1n) is 11.7. The van der Waals surface area contributed by atoms with E-state index < -0.39 is 0 Å². The molecule has 1 amide bonds. The van der Waals surface area contributed by atoms with Crippen molar-refractivity contribution in [3.8, 4) is 0 Å². The molecule has 0 saturated heterocycles. The van der Waals surface area contributed by atoms with Crippen molar-refractivity contribution in [2.45, 2.75) is 59.0 Å². The molecule has 172 valence electrons. The fraction of sp³-hybridized carbons (Fsp3) is 0.440. The van der Waals surface area contributed by atoms with Gasteiger partial charge in [0.25, 0.3) is 5.56 Å². The van der Waals surface area contributed by atoms with Gasteiger partial charge in [0.15, 0.2) is 0 Å². The molecule has 0 fully saturated rings. The smallest absolute Gasteiger partial charge is 0.272 e. The highest BCUT2D eigenvalue weighted by atomic mass is 32.1. The average molecular weight is 464 g/mol. The van der Waals surface area contributed by atoms with E-state index in [0.717, 1.165) is 35.4 Å². The summed E-state index contributed by atoms with van der Waals surface area (Å²) in [6, 6.07) is 10.3. The molecule has 4 heterocycles. The molecule has 1 aromatic carbocycles. The Bertz CT molecular complexity index is 1370. The van der Waals surface area contributed by atoms with Crippen LogP contribution >= 0.6 is 11.3 Å². The maximum atomic E-state index is 13.0. The lowest BCUT2D eigenvalue weighted by Gasteiger charge is -2.29. The van der Waals surface area contributed by atoms with E-state index in [9.17, 15) is 9.59 Å². The van der Waals surface area contributed by atoms with Crippen molar-refractivity contribution in [2.24, 2.45) is 5.92 Å². The Kier molecular flexibility index (Phi) is 6.01. The fourth-order valence-corrected chi connectivity index (χ4v) is 5.42. The third-order valence-electron chi connectivity index (χ3n) is 6.48. The Morgan fingerprint density at radius 2 is 1.97 bits per heavy atom. The third kappa shape index (κ3) is 4.19. The number of rotatable bonds is 7. The number of carbonyl (C=O) groups is 1. The lowest BCUT2D eigenvalue weighted by Crippen LogP contribution is -2.35. The number of hydrogen-bond acceptors (Lipinski definition) is 5. The van der Waals surface area contributed by atoms with E-state index in [1.165, 1.54) is 22.5 Å². The summed E-state index contributed by atoms with van der Waals surface area (Å²) in [5, 5.41) is 10.8. The first kappa shape index (κ1) is 21.8. The van der Waals surface area contributed by atoms with Gasteiger partial charge in [-0.1, -0.05) is 38.1 Å². The van der Waals surface area contributed by atoms with Crippen LogP contribution in [0.15, 0.2) is 40.5 Å². The van der Waals surface area contributed by atoms with Crippen LogP contribution in [0, 0.1) is 5.92 Å². The molecule has 0 bridgehead atoms. The van der Waals surface area contributed by atoms with Gasteiger partial charge in [0, 0.05) is 32.5 Å². The van der Waals surface area contributed by atoms with E-state index in [1.807, 2.05) is 26.8 Å². The van der Waals surface area contributed by atoms with Crippen molar-refractivity contribution in [3.05, 3.63) is 63.0 Å². The number of hydrogen-bond donors (Lipinski definition) is 0. The number of aryl methyl sites for hydroxylation is 2. The number of nitrogens with zero attached hydrogens (tertiary/aromatic N) is 5. The van der Waals surface area contributed by atoms with Gasteiger partial charge >= 0.3 is 0 Å². The van der Waals surface area contributed by atoms with Crippen molar-refractivity contribution in [2.75, 3.05) is 6.54 Å². The van der Waals surface area contributed by atoms with Crippen LogP contribution < -0.4 is 5.56 Å². The Morgan fingerprint density at radius 1 is 1.15 bits per heavy atom. The van der Waals surface area contributed by atoms with Crippen LogP contribution in [0.3, 0.4) is 0 Å². The average Bonchev–Trinajstić information content (AvgIpc) is 3.46. The van der Waals surface area contributed by atoms with Gasteiger partial charge in [-0.3, -0.25) is 18.6 Å². The summed E-state index contributed by atoms with van der Waals surface area (Å²) >= 11 is 1.46. The van der Waals surface area contributed by atoms with Crippen LogP contribution in [0.25, 0.3) is 16.0 Å². The second-order valence-electron chi connectivity index (χ2n) is 9.21. The zero-order valence-electron chi connectivity index (χ0n) is 19.2. The molecular formula is C25H29N5O2S. The zero-order valence-corrected chi connectivity index (χ0v) is 20.0. The Morgan fingerprint density at radius 3 is 2.79 bits per heavy atom. The van der Waals surface area contributed by atoms with Gasteiger partial charge in [-0.25, -0.2) is 0 Å². The Hall–Kier alpha value is -3.00. The largest absolute Gasteiger partial charge is 0.338 e. The predicted molar refractivity (Wildman–Crippen MR) is 131 cm³/mol. The minimum Gasteiger partial charge on any atom is -0.338 e. The second kappa shape index (κ2) is 9.09. The number of benzene rings is 1. The molecule has 0 saturated carbocycles. The molecule has 0 spiro atoms. The van der Waals surface area contributed by atoms with E-state index in [4.69, 9.17) is 0 Å². The van der Waals surface area contributed by atoms with Gasteiger partial charge in [-0.15, -0.1) is 21.5 Å².